The second-order valence-electron chi connectivity index (χ2n) is 2.73. The number of hydrogen-bond acceptors (Lipinski definition) is 4. The first-order valence-electron chi connectivity index (χ1n) is 3.99. The molecule has 0 bridgehead atoms. The monoisotopic (exact) mass is 242 g/mol. The highest BCUT2D eigenvalue weighted by Crippen LogP contribution is 1.98. The molecule has 0 aliphatic heterocycles. The molecule has 0 aromatic heterocycles. The summed E-state index contributed by atoms with van der Waals surface area (Å²) in [6.45, 7) is 0. The second kappa shape index (κ2) is 8.18. The fraction of sp³-hybridized carbons (Fsp3) is 0.714. The van der Waals surface area contributed by atoms with Crippen LogP contribution in [-0.2, 0) is 19.7 Å². The fourth-order valence-electron chi connectivity index (χ4n) is 0.552. The molecule has 3 N–H and O–H groups in total. The molecule has 0 unspecified atom stereocenters. The summed E-state index contributed by atoms with van der Waals surface area (Å²) in [6, 6.07) is 0. The van der Waals surface area contributed by atoms with E-state index in [1.165, 1.54) is 0 Å². The lowest BCUT2D eigenvalue weighted by molar-refractivity contribution is -0.139. The molecule has 0 saturated carbocycles. The molecule has 0 rings (SSSR count). The van der Waals surface area contributed by atoms with Gasteiger partial charge < -0.3 is 10.2 Å². The summed E-state index contributed by atoms with van der Waals surface area (Å²) in [5.41, 5.74) is 0. The van der Waals surface area contributed by atoms with E-state index in [4.69, 9.17) is 14.8 Å². The lowest BCUT2D eigenvalue weighted by Gasteiger charge is -1.92. The normalized spacial score (nSPS) is 10.0. The molecule has 0 spiro atoms. The SMILES string of the molecule is CS(=O)(=O)O.O=C(O)CCCCC(=O)O. The molecule has 0 aliphatic carbocycles. The zero-order valence-corrected chi connectivity index (χ0v) is 9.03. The van der Waals surface area contributed by atoms with E-state index in [1.54, 1.807) is 0 Å². The van der Waals surface area contributed by atoms with Gasteiger partial charge in [0.05, 0.1) is 6.26 Å². The third kappa shape index (κ3) is 44.2. The molecule has 0 fully saturated rings. The maximum atomic E-state index is 9.90. The van der Waals surface area contributed by atoms with Gasteiger partial charge in [0, 0.05) is 12.8 Å². The van der Waals surface area contributed by atoms with E-state index in [9.17, 15) is 18.0 Å². The van der Waals surface area contributed by atoms with Crippen LogP contribution in [0.1, 0.15) is 25.7 Å². The van der Waals surface area contributed by atoms with Crippen LogP contribution in [0.5, 0.6) is 0 Å². The van der Waals surface area contributed by atoms with E-state index < -0.39 is 22.1 Å². The molecule has 0 radical (unpaired) electrons. The summed E-state index contributed by atoms with van der Waals surface area (Å²) < 4.78 is 25.9. The number of rotatable bonds is 5. The first-order valence-corrected chi connectivity index (χ1v) is 5.84. The fourth-order valence-corrected chi connectivity index (χ4v) is 0.552. The van der Waals surface area contributed by atoms with E-state index in [2.05, 4.69) is 0 Å². The van der Waals surface area contributed by atoms with Crippen molar-refractivity contribution in [2.24, 2.45) is 0 Å². The highest BCUT2D eigenvalue weighted by molar-refractivity contribution is 7.85. The molecule has 0 saturated heterocycles. The summed E-state index contributed by atoms with van der Waals surface area (Å²) in [7, 11) is -3.67. The largest absolute Gasteiger partial charge is 0.481 e. The molecule has 0 heterocycles. The van der Waals surface area contributed by atoms with Crippen molar-refractivity contribution in [3.05, 3.63) is 0 Å². The van der Waals surface area contributed by atoms with E-state index >= 15 is 0 Å². The third-order valence-electron chi connectivity index (χ3n) is 1.03. The molecule has 0 aliphatic rings. The number of unbranched alkanes of at least 4 members (excludes halogenated alkanes) is 1. The maximum absolute atomic E-state index is 9.90. The van der Waals surface area contributed by atoms with Crippen LogP contribution in [0.15, 0.2) is 0 Å². The van der Waals surface area contributed by atoms with Gasteiger partial charge in [0.2, 0.25) is 0 Å². The molecule has 0 aromatic rings. The van der Waals surface area contributed by atoms with Crippen LogP contribution < -0.4 is 0 Å². The molecule has 0 aromatic carbocycles. The highest BCUT2D eigenvalue weighted by Gasteiger charge is 1.99. The zero-order chi connectivity index (χ0) is 12.5. The molecule has 0 atom stereocenters. The molecule has 7 nitrogen and oxygen atoms in total. The second-order valence-corrected chi connectivity index (χ2v) is 4.19. The van der Waals surface area contributed by atoms with Crippen molar-refractivity contribution in [1.29, 1.82) is 0 Å². The number of aliphatic carboxylic acids is 2. The van der Waals surface area contributed by atoms with Crippen molar-refractivity contribution in [3.63, 3.8) is 0 Å². The van der Waals surface area contributed by atoms with Gasteiger partial charge in [0.25, 0.3) is 10.1 Å². The van der Waals surface area contributed by atoms with Crippen molar-refractivity contribution < 1.29 is 32.8 Å². The molecular weight excluding hydrogens is 228 g/mol. The Labute approximate surface area is 87.5 Å². The first kappa shape index (κ1) is 16.3. The van der Waals surface area contributed by atoms with Gasteiger partial charge in [0.1, 0.15) is 0 Å². The molecule has 15 heavy (non-hydrogen) atoms. The minimum atomic E-state index is -3.67. The van der Waals surface area contributed by atoms with Crippen LogP contribution in [0.2, 0.25) is 0 Å². The summed E-state index contributed by atoms with van der Waals surface area (Å²) >= 11 is 0. The minimum Gasteiger partial charge on any atom is -0.481 e. The predicted octanol–water partition coefficient (Wildman–Crippen LogP) is 0.220. The van der Waals surface area contributed by atoms with Gasteiger partial charge in [0.15, 0.2) is 0 Å². The Morgan fingerprint density at radius 3 is 1.33 bits per heavy atom. The molecular formula is C7H14O7S. The van der Waals surface area contributed by atoms with Crippen molar-refractivity contribution in [2.45, 2.75) is 25.7 Å². The number of carboxylic acid groups (broad SMARTS) is 2. The number of hydrogen-bond donors (Lipinski definition) is 3. The maximum Gasteiger partial charge on any atom is 0.303 e. The van der Waals surface area contributed by atoms with Crippen LogP contribution in [0.3, 0.4) is 0 Å². The van der Waals surface area contributed by atoms with Gasteiger partial charge in [-0.3, -0.25) is 14.1 Å². The van der Waals surface area contributed by atoms with Gasteiger partial charge in [-0.1, -0.05) is 0 Å². The average Bonchev–Trinajstić information content (AvgIpc) is 1.94. The van der Waals surface area contributed by atoms with Gasteiger partial charge in [-0.05, 0) is 12.8 Å². The van der Waals surface area contributed by atoms with Gasteiger partial charge in [-0.2, -0.15) is 8.42 Å². The van der Waals surface area contributed by atoms with E-state index in [1.807, 2.05) is 0 Å². The summed E-state index contributed by atoms with van der Waals surface area (Å²) in [5, 5.41) is 16.3. The minimum absolute atomic E-state index is 0.0628. The number of carboxylic acids is 2. The van der Waals surface area contributed by atoms with E-state index in [0.717, 1.165) is 0 Å². The Morgan fingerprint density at radius 1 is 1.00 bits per heavy atom. The summed E-state index contributed by atoms with van der Waals surface area (Å²) in [5.74, 6) is -1.74. The Morgan fingerprint density at radius 2 is 1.20 bits per heavy atom. The Kier molecular flexibility index (Phi) is 8.88. The zero-order valence-electron chi connectivity index (χ0n) is 8.21. The Hall–Kier alpha value is -1.15. The van der Waals surface area contributed by atoms with Crippen molar-refractivity contribution in [1.82, 2.24) is 0 Å². The van der Waals surface area contributed by atoms with Gasteiger partial charge in [-0.25, -0.2) is 0 Å². The van der Waals surface area contributed by atoms with E-state index in [0.29, 0.717) is 19.1 Å². The first-order chi connectivity index (χ1) is 6.63. The highest BCUT2D eigenvalue weighted by atomic mass is 32.2. The summed E-state index contributed by atoms with van der Waals surface area (Å²) in [4.78, 5) is 19.8. The van der Waals surface area contributed by atoms with Crippen molar-refractivity contribution in [2.75, 3.05) is 6.26 Å². The van der Waals surface area contributed by atoms with Crippen LogP contribution >= 0.6 is 0 Å². The predicted molar refractivity (Wildman–Crippen MR) is 51.2 cm³/mol. The lowest BCUT2D eigenvalue weighted by atomic mass is 10.2. The number of carbonyl (C=O) groups is 2. The third-order valence-corrected chi connectivity index (χ3v) is 1.03. The standard InChI is InChI=1S/C6H10O4.CH4O3S/c7-5(8)3-1-2-4-6(9)10;1-5(2,3)4/h1-4H2,(H,7,8)(H,9,10);1H3,(H,2,3,4). The summed E-state index contributed by atoms with van der Waals surface area (Å²) in [6.07, 6.45) is 1.73. The molecule has 8 heteroatoms. The average molecular weight is 242 g/mol. The molecule has 90 valence electrons. The Balaban J connectivity index is 0. The van der Waals surface area contributed by atoms with E-state index in [-0.39, 0.29) is 12.8 Å². The topological polar surface area (TPSA) is 129 Å². The van der Waals surface area contributed by atoms with Crippen LogP contribution in [0.25, 0.3) is 0 Å². The van der Waals surface area contributed by atoms with Crippen molar-refractivity contribution >= 4 is 22.1 Å². The van der Waals surface area contributed by atoms with Gasteiger partial charge in [-0.15, -0.1) is 0 Å². The smallest absolute Gasteiger partial charge is 0.303 e. The van der Waals surface area contributed by atoms with Crippen molar-refractivity contribution in [3.8, 4) is 0 Å². The Bertz CT molecular complexity index is 268. The quantitative estimate of drug-likeness (QED) is 0.464. The molecule has 0 amide bonds. The van der Waals surface area contributed by atoms with Crippen LogP contribution in [0, 0.1) is 0 Å². The van der Waals surface area contributed by atoms with Gasteiger partial charge >= 0.3 is 11.9 Å². The lowest BCUT2D eigenvalue weighted by Crippen LogP contribution is -1.97. The van der Waals surface area contributed by atoms with Crippen LogP contribution in [-0.4, -0.2) is 41.4 Å². The van der Waals surface area contributed by atoms with Crippen LogP contribution in [0.4, 0.5) is 0 Å².